The van der Waals surface area contributed by atoms with E-state index in [9.17, 15) is 9.59 Å². The number of fused-ring (bicyclic) bond motifs is 2. The maximum Gasteiger partial charge on any atom is 0.417 e. The molecule has 1 aromatic heterocycles. The van der Waals surface area contributed by atoms with Crippen LogP contribution in [-0.2, 0) is 4.79 Å². The number of carbonyl (C=O) groups excluding carboxylic acids is 1. The maximum absolute atomic E-state index is 12.7. The fourth-order valence-electron chi connectivity index (χ4n) is 3.78. The Labute approximate surface area is 160 Å². The number of H-pyrrole nitrogens is 1. The van der Waals surface area contributed by atoms with E-state index in [-0.39, 0.29) is 11.8 Å². The lowest BCUT2D eigenvalue weighted by Crippen LogP contribution is -2.18. The summed E-state index contributed by atoms with van der Waals surface area (Å²) >= 11 is 0. The molecule has 1 atom stereocenters. The molecule has 7 heteroatoms. The molecule has 7 nitrogen and oxygen atoms in total. The molecule has 1 aliphatic carbocycles. The summed E-state index contributed by atoms with van der Waals surface area (Å²) in [5, 5.41) is 2.92. The van der Waals surface area contributed by atoms with Crippen LogP contribution in [0, 0.1) is 5.92 Å². The number of amides is 1. The van der Waals surface area contributed by atoms with E-state index in [0.29, 0.717) is 42.3 Å². The van der Waals surface area contributed by atoms with Gasteiger partial charge in [-0.15, -0.1) is 0 Å². The normalized spacial score (nSPS) is 16.7. The lowest BCUT2D eigenvalue weighted by atomic mass is 9.90. The fraction of sp³-hybridized carbons (Fsp3) is 0.333. The number of ether oxygens (including phenoxy) is 2. The Morgan fingerprint density at radius 2 is 1.93 bits per heavy atom. The molecule has 0 radical (unpaired) electrons. The van der Waals surface area contributed by atoms with Crippen LogP contribution in [-0.4, -0.2) is 24.1 Å². The van der Waals surface area contributed by atoms with E-state index in [1.807, 2.05) is 18.2 Å². The Morgan fingerprint density at radius 3 is 2.75 bits per heavy atom. The lowest BCUT2D eigenvalue weighted by Gasteiger charge is -2.22. The SMILES string of the molecule is O=C(CC(c1ccc2c(c1)OCCO2)C1CC1)Nc1ccc2[nH]c(=O)oc2c1. The zero-order valence-corrected chi connectivity index (χ0v) is 15.2. The lowest BCUT2D eigenvalue weighted by molar-refractivity contribution is -0.116. The number of aromatic nitrogens is 1. The van der Waals surface area contributed by atoms with Gasteiger partial charge in [0.1, 0.15) is 13.2 Å². The van der Waals surface area contributed by atoms with Crippen molar-refractivity contribution in [2.75, 3.05) is 18.5 Å². The zero-order valence-electron chi connectivity index (χ0n) is 15.2. The number of rotatable bonds is 5. The van der Waals surface area contributed by atoms with Gasteiger partial charge in [0.2, 0.25) is 5.91 Å². The minimum Gasteiger partial charge on any atom is -0.486 e. The van der Waals surface area contributed by atoms with Gasteiger partial charge in [0, 0.05) is 18.2 Å². The molecular weight excluding hydrogens is 360 g/mol. The predicted molar refractivity (Wildman–Crippen MR) is 103 cm³/mol. The van der Waals surface area contributed by atoms with E-state index in [0.717, 1.165) is 29.9 Å². The second kappa shape index (κ2) is 6.74. The van der Waals surface area contributed by atoms with Crippen molar-refractivity contribution < 1.29 is 18.7 Å². The first-order valence-electron chi connectivity index (χ1n) is 9.48. The zero-order chi connectivity index (χ0) is 19.1. The molecule has 1 fully saturated rings. The third-order valence-corrected chi connectivity index (χ3v) is 5.30. The largest absolute Gasteiger partial charge is 0.486 e. The van der Waals surface area contributed by atoms with E-state index in [1.165, 1.54) is 0 Å². The quantitative estimate of drug-likeness (QED) is 0.707. The molecule has 0 spiro atoms. The number of aromatic amines is 1. The molecule has 1 unspecified atom stereocenters. The van der Waals surface area contributed by atoms with Gasteiger partial charge < -0.3 is 19.2 Å². The molecule has 28 heavy (non-hydrogen) atoms. The average molecular weight is 380 g/mol. The van der Waals surface area contributed by atoms with Gasteiger partial charge in [0.05, 0.1) is 5.52 Å². The van der Waals surface area contributed by atoms with Crippen LogP contribution in [0.15, 0.2) is 45.6 Å². The van der Waals surface area contributed by atoms with Crippen LogP contribution in [0.4, 0.5) is 5.69 Å². The highest BCUT2D eigenvalue weighted by Crippen LogP contribution is 2.46. The topological polar surface area (TPSA) is 93.6 Å². The summed E-state index contributed by atoms with van der Waals surface area (Å²) in [6.07, 6.45) is 2.65. The third-order valence-electron chi connectivity index (χ3n) is 5.30. The third kappa shape index (κ3) is 3.35. The van der Waals surface area contributed by atoms with E-state index in [1.54, 1.807) is 18.2 Å². The summed E-state index contributed by atoms with van der Waals surface area (Å²) < 4.78 is 16.3. The number of hydrogen-bond donors (Lipinski definition) is 2. The number of benzene rings is 2. The predicted octanol–water partition coefficient (Wildman–Crippen LogP) is 3.41. The summed E-state index contributed by atoms with van der Waals surface area (Å²) in [5.41, 5.74) is 2.74. The van der Waals surface area contributed by atoms with E-state index in [4.69, 9.17) is 13.9 Å². The smallest absolute Gasteiger partial charge is 0.417 e. The van der Waals surface area contributed by atoms with Gasteiger partial charge in [-0.05, 0) is 54.5 Å². The number of carbonyl (C=O) groups is 1. The molecule has 2 aliphatic rings. The molecule has 2 N–H and O–H groups in total. The molecule has 144 valence electrons. The average Bonchev–Trinajstić information content (AvgIpc) is 3.46. The molecule has 3 aromatic rings. The van der Waals surface area contributed by atoms with Crippen LogP contribution < -0.4 is 20.5 Å². The minimum atomic E-state index is -0.508. The molecular formula is C21H20N2O5. The maximum atomic E-state index is 12.7. The molecule has 1 amide bonds. The van der Waals surface area contributed by atoms with Gasteiger partial charge in [0.25, 0.3) is 0 Å². The standard InChI is InChI=1S/C21H20N2O5/c24-20(22-14-4-5-16-18(10-14)28-21(25)23-16)11-15(12-1-2-12)13-3-6-17-19(9-13)27-8-7-26-17/h3-6,9-10,12,15H,1-2,7-8,11H2,(H,22,24)(H,23,25). The van der Waals surface area contributed by atoms with E-state index >= 15 is 0 Å². The first-order valence-corrected chi connectivity index (χ1v) is 9.48. The second-order valence-corrected chi connectivity index (χ2v) is 7.32. The molecule has 2 heterocycles. The van der Waals surface area contributed by atoms with Crippen molar-refractivity contribution in [3.05, 3.63) is 52.5 Å². The fourth-order valence-corrected chi connectivity index (χ4v) is 3.78. The van der Waals surface area contributed by atoms with Crippen molar-refractivity contribution in [1.29, 1.82) is 0 Å². The summed E-state index contributed by atoms with van der Waals surface area (Å²) in [6, 6.07) is 11.1. The Hall–Kier alpha value is -3.22. The van der Waals surface area contributed by atoms with Gasteiger partial charge in [-0.25, -0.2) is 4.79 Å². The van der Waals surface area contributed by atoms with Crippen molar-refractivity contribution in [2.24, 2.45) is 5.92 Å². The van der Waals surface area contributed by atoms with Gasteiger partial charge in [-0.1, -0.05) is 6.07 Å². The Bertz CT molecular complexity index is 1100. The van der Waals surface area contributed by atoms with Gasteiger partial charge in [-0.2, -0.15) is 0 Å². The molecule has 1 aliphatic heterocycles. The van der Waals surface area contributed by atoms with Crippen molar-refractivity contribution in [2.45, 2.75) is 25.2 Å². The number of anilines is 1. The molecule has 2 aromatic carbocycles. The number of oxazole rings is 1. The Morgan fingerprint density at radius 1 is 1.11 bits per heavy atom. The van der Waals surface area contributed by atoms with Gasteiger partial charge in [0.15, 0.2) is 17.1 Å². The highest BCUT2D eigenvalue weighted by molar-refractivity contribution is 5.93. The van der Waals surface area contributed by atoms with Crippen molar-refractivity contribution in [1.82, 2.24) is 4.98 Å². The summed E-state index contributed by atoms with van der Waals surface area (Å²) in [7, 11) is 0. The Balaban J connectivity index is 1.33. The van der Waals surface area contributed by atoms with Gasteiger partial charge in [-0.3, -0.25) is 9.78 Å². The van der Waals surface area contributed by atoms with E-state index in [2.05, 4.69) is 10.3 Å². The van der Waals surface area contributed by atoms with Gasteiger partial charge >= 0.3 is 5.76 Å². The molecule has 5 rings (SSSR count). The summed E-state index contributed by atoms with van der Waals surface area (Å²) in [6.45, 7) is 1.11. The second-order valence-electron chi connectivity index (χ2n) is 7.32. The van der Waals surface area contributed by atoms with Crippen LogP contribution in [0.2, 0.25) is 0 Å². The number of hydrogen-bond acceptors (Lipinski definition) is 5. The first kappa shape index (κ1) is 16.9. The molecule has 0 saturated heterocycles. The number of nitrogens with one attached hydrogen (secondary N) is 2. The van der Waals surface area contributed by atoms with E-state index < -0.39 is 5.76 Å². The molecule has 1 saturated carbocycles. The minimum absolute atomic E-state index is 0.0657. The Kier molecular flexibility index (Phi) is 4.07. The monoisotopic (exact) mass is 380 g/mol. The summed E-state index contributed by atoms with van der Waals surface area (Å²) in [5.74, 6) is 1.59. The van der Waals surface area contributed by atoms with Crippen molar-refractivity contribution in [3.63, 3.8) is 0 Å². The highest BCUT2D eigenvalue weighted by atomic mass is 16.6. The van der Waals surface area contributed by atoms with Crippen LogP contribution in [0.1, 0.15) is 30.7 Å². The molecule has 0 bridgehead atoms. The first-order chi connectivity index (χ1) is 13.7. The highest BCUT2D eigenvalue weighted by Gasteiger charge is 2.34. The van der Waals surface area contributed by atoms with Crippen molar-refractivity contribution in [3.8, 4) is 11.5 Å². The van der Waals surface area contributed by atoms with Crippen LogP contribution in [0.3, 0.4) is 0 Å². The summed E-state index contributed by atoms with van der Waals surface area (Å²) in [4.78, 5) is 26.6. The van der Waals surface area contributed by atoms with Crippen LogP contribution in [0.5, 0.6) is 11.5 Å². The van der Waals surface area contributed by atoms with Crippen LogP contribution >= 0.6 is 0 Å². The van der Waals surface area contributed by atoms with Crippen molar-refractivity contribution >= 4 is 22.7 Å². The van der Waals surface area contributed by atoms with Crippen LogP contribution in [0.25, 0.3) is 11.1 Å².